The number of benzene rings is 2. The van der Waals surface area contributed by atoms with Crippen LogP contribution in [-0.2, 0) is 22.3 Å². The largest absolute Gasteiger partial charge is 1.00 e. The monoisotopic (exact) mass is 651 g/mol. The molecule has 0 spiro atoms. The van der Waals surface area contributed by atoms with Crippen LogP contribution in [0.25, 0.3) is 5.70 Å². The minimum Gasteiger partial charge on any atom is -1.00 e. The van der Waals surface area contributed by atoms with Crippen molar-refractivity contribution in [1.29, 1.82) is 0 Å². The van der Waals surface area contributed by atoms with Crippen LogP contribution in [-0.4, -0.2) is 32.2 Å². The molecule has 0 amide bonds. The summed E-state index contributed by atoms with van der Waals surface area (Å²) in [6.45, 7) is 6.89. The van der Waals surface area contributed by atoms with Crippen LogP contribution in [0.2, 0.25) is 0 Å². The Morgan fingerprint density at radius 3 is 2.36 bits per heavy atom. The number of nitrogens with one attached hydrogen (secondary N) is 1. The molecule has 2 atom stereocenters. The summed E-state index contributed by atoms with van der Waals surface area (Å²) < 4.78 is 65.7. The van der Waals surface area contributed by atoms with Gasteiger partial charge in [-0.25, -0.2) is 13.2 Å². The summed E-state index contributed by atoms with van der Waals surface area (Å²) in [6.07, 6.45) is 6.55. The molecule has 3 aliphatic heterocycles. The first-order valence-corrected chi connectivity index (χ1v) is 12.6. The van der Waals surface area contributed by atoms with Gasteiger partial charge in [0.25, 0.3) is 0 Å². The third kappa shape index (κ3) is 5.00. The summed E-state index contributed by atoms with van der Waals surface area (Å²) >= 11 is 0. The Kier molecular flexibility index (Phi) is 7.36. The second-order valence-corrected chi connectivity index (χ2v) is 10.9. The van der Waals surface area contributed by atoms with E-state index >= 15 is 0 Å². The average molecular weight is 651 g/mol. The molecule has 3 heterocycles. The van der Waals surface area contributed by atoms with Crippen molar-refractivity contribution in [1.82, 2.24) is 0 Å². The van der Waals surface area contributed by atoms with Crippen LogP contribution in [0.15, 0.2) is 65.1 Å². The maximum absolute atomic E-state index is 14.3. The van der Waals surface area contributed by atoms with Crippen molar-refractivity contribution >= 4 is 5.70 Å². The van der Waals surface area contributed by atoms with Crippen molar-refractivity contribution in [3.05, 3.63) is 99.2 Å². The number of hydrogen-bond acceptors (Lipinski definition) is 4. The van der Waals surface area contributed by atoms with Crippen molar-refractivity contribution in [2.45, 2.75) is 45.3 Å². The minimum absolute atomic E-state index is 0. The normalized spacial score (nSPS) is 21.2. The molecule has 0 radical (unpaired) electrons. The molecule has 0 saturated heterocycles. The average Bonchev–Trinajstić information content (AvgIpc) is 3.32. The number of ether oxygens (including phenoxy) is 4. The number of quaternary nitrogens is 1. The van der Waals surface area contributed by atoms with Gasteiger partial charge in [0, 0.05) is 29.6 Å². The van der Waals surface area contributed by atoms with Gasteiger partial charge in [-0.3, -0.25) is 4.90 Å². The predicted octanol–water partition coefficient (Wildman–Crippen LogP) is 1.78. The van der Waals surface area contributed by atoms with Crippen molar-refractivity contribution in [3.63, 3.8) is 0 Å². The van der Waals surface area contributed by atoms with Gasteiger partial charge in [-0.1, -0.05) is 6.08 Å². The molecule has 4 aliphatic rings. The van der Waals surface area contributed by atoms with Gasteiger partial charge in [0.1, 0.15) is 23.8 Å². The van der Waals surface area contributed by atoms with Crippen molar-refractivity contribution in [2.75, 3.05) is 20.4 Å². The third-order valence-electron chi connectivity index (χ3n) is 7.21. The van der Waals surface area contributed by atoms with E-state index in [1.165, 1.54) is 0 Å². The summed E-state index contributed by atoms with van der Waals surface area (Å²) in [5, 5.41) is 0. The number of methoxy groups -OCH3 is 1. The SMILES string of the molecule is COC1=CC=C2C(=C[NH+]3CCc4cc5c(cc4C3=C2Cc2cc(F)c(F)c(F)c2)OCO5)C1OC(C)(C)C.[I-]. The fourth-order valence-electron chi connectivity index (χ4n) is 5.63. The molecular weight excluding hydrogens is 622 g/mol. The third-order valence-corrected chi connectivity index (χ3v) is 7.21. The Hall–Kier alpha value is -2.76. The molecule has 2 aromatic rings. The lowest BCUT2D eigenvalue weighted by Crippen LogP contribution is -3.06. The summed E-state index contributed by atoms with van der Waals surface area (Å²) in [7, 11) is 1.62. The fraction of sp³-hybridized carbons (Fsp3) is 0.333. The Morgan fingerprint density at radius 2 is 1.69 bits per heavy atom. The van der Waals surface area contributed by atoms with Gasteiger partial charge >= 0.3 is 0 Å². The molecule has 0 saturated carbocycles. The Balaban J connectivity index is 0.00000308. The standard InChI is InChI=1S/C30H28F3NO4.HI/c1-30(2,3)38-29-21-14-34-8-7-17-12-25-26(37-15-36-25)13-19(17)28(34)20(18(21)5-6-24(29)35-4)9-16-10-22(31)27(33)23(32)11-16;/h5-6,10-14,29H,7-9,15H2,1-4H3;1H. The highest BCUT2D eigenvalue weighted by molar-refractivity contribution is 5.77. The molecule has 0 fully saturated rings. The Morgan fingerprint density at radius 1 is 1.00 bits per heavy atom. The van der Waals surface area contributed by atoms with Gasteiger partial charge < -0.3 is 42.9 Å². The molecule has 2 aromatic carbocycles. The lowest BCUT2D eigenvalue weighted by molar-refractivity contribution is -0.771. The van der Waals surface area contributed by atoms with Gasteiger partial charge in [0.05, 0.1) is 19.3 Å². The first-order chi connectivity index (χ1) is 18.1. The highest BCUT2D eigenvalue weighted by atomic mass is 127. The van der Waals surface area contributed by atoms with Crippen LogP contribution < -0.4 is 38.4 Å². The molecule has 9 heteroatoms. The highest BCUT2D eigenvalue weighted by Gasteiger charge is 2.41. The van der Waals surface area contributed by atoms with Gasteiger partial charge in [0.15, 0.2) is 29.0 Å². The molecule has 0 bridgehead atoms. The van der Waals surface area contributed by atoms with Gasteiger partial charge in [0.2, 0.25) is 6.79 Å². The smallest absolute Gasteiger partial charge is 0.231 e. The van der Waals surface area contributed by atoms with E-state index in [0.29, 0.717) is 22.8 Å². The maximum Gasteiger partial charge on any atom is 0.231 e. The van der Waals surface area contributed by atoms with Gasteiger partial charge in [-0.2, -0.15) is 0 Å². The molecule has 1 N–H and O–H groups in total. The molecule has 5 nitrogen and oxygen atoms in total. The number of fused-ring (bicyclic) bond motifs is 5. The lowest BCUT2D eigenvalue weighted by Gasteiger charge is -2.38. The van der Waals surface area contributed by atoms with E-state index in [0.717, 1.165) is 63.5 Å². The maximum atomic E-state index is 14.3. The minimum atomic E-state index is -1.47. The Bertz CT molecular complexity index is 1450. The number of hydrogen-bond donors (Lipinski definition) is 1. The van der Waals surface area contributed by atoms with Crippen LogP contribution in [0.4, 0.5) is 13.2 Å². The summed E-state index contributed by atoms with van der Waals surface area (Å²) in [6, 6.07) is 6.13. The van der Waals surface area contributed by atoms with E-state index in [1.54, 1.807) is 7.11 Å². The van der Waals surface area contributed by atoms with Crippen LogP contribution in [0.1, 0.15) is 37.5 Å². The number of halogens is 4. The highest BCUT2D eigenvalue weighted by Crippen LogP contribution is 2.43. The van der Waals surface area contributed by atoms with E-state index in [-0.39, 0.29) is 37.2 Å². The van der Waals surface area contributed by atoms with Crippen molar-refractivity contribution in [3.8, 4) is 11.5 Å². The van der Waals surface area contributed by atoms with Gasteiger partial charge in [-0.15, -0.1) is 0 Å². The molecule has 6 rings (SSSR count). The van der Waals surface area contributed by atoms with Crippen LogP contribution >= 0.6 is 0 Å². The zero-order valence-corrected chi connectivity index (χ0v) is 24.2. The topological polar surface area (TPSA) is 41.4 Å². The van der Waals surface area contributed by atoms with E-state index in [1.807, 2.05) is 45.1 Å². The van der Waals surface area contributed by atoms with Gasteiger partial charge in [-0.05, 0) is 67.8 Å². The fourth-order valence-corrected chi connectivity index (χ4v) is 5.63. The number of rotatable bonds is 4. The first kappa shape index (κ1) is 27.8. The van der Waals surface area contributed by atoms with Crippen LogP contribution in [0.5, 0.6) is 11.5 Å². The molecule has 1 aliphatic carbocycles. The molecule has 2 unspecified atom stereocenters. The zero-order chi connectivity index (χ0) is 26.8. The predicted molar refractivity (Wildman–Crippen MR) is 135 cm³/mol. The summed E-state index contributed by atoms with van der Waals surface area (Å²) in [5.74, 6) is -1.83. The second kappa shape index (κ2) is 10.3. The molecule has 0 aromatic heterocycles. The summed E-state index contributed by atoms with van der Waals surface area (Å²) in [4.78, 5) is 1.10. The van der Waals surface area contributed by atoms with Crippen molar-refractivity contribution < 1.29 is 61.0 Å². The summed E-state index contributed by atoms with van der Waals surface area (Å²) in [5.41, 5.74) is 5.71. The molecule has 206 valence electrons. The lowest BCUT2D eigenvalue weighted by atomic mass is 9.79. The van der Waals surface area contributed by atoms with Crippen molar-refractivity contribution in [2.24, 2.45) is 0 Å². The first-order valence-electron chi connectivity index (χ1n) is 12.6. The molecule has 39 heavy (non-hydrogen) atoms. The zero-order valence-electron chi connectivity index (χ0n) is 22.1. The molecular formula is C30H29F3INO4. The van der Waals surface area contributed by atoms with E-state index in [9.17, 15) is 13.2 Å². The van der Waals surface area contributed by atoms with E-state index in [2.05, 4.69) is 6.20 Å². The quantitative estimate of drug-likeness (QED) is 0.405. The number of allylic oxidation sites excluding steroid dienone is 3. The van der Waals surface area contributed by atoms with E-state index < -0.39 is 29.2 Å². The van der Waals surface area contributed by atoms with E-state index in [4.69, 9.17) is 18.9 Å². The second-order valence-electron chi connectivity index (χ2n) is 10.9. The van der Waals surface area contributed by atoms with Crippen LogP contribution in [0, 0.1) is 17.5 Å². The van der Waals surface area contributed by atoms with Crippen LogP contribution in [0.3, 0.4) is 0 Å². The Labute approximate surface area is 242 Å².